The molecule has 7 spiro atoms. The van der Waals surface area contributed by atoms with Gasteiger partial charge in [0.2, 0.25) is 0 Å². The summed E-state index contributed by atoms with van der Waals surface area (Å²) in [5, 5.41) is 98.7. The van der Waals surface area contributed by atoms with E-state index in [0.717, 1.165) is 148 Å². The Morgan fingerprint density at radius 1 is 0.779 bits per heavy atom. The van der Waals surface area contributed by atoms with E-state index in [4.69, 9.17) is 4.74 Å². The van der Waals surface area contributed by atoms with Gasteiger partial charge in [0.1, 0.15) is 11.2 Å². The molecule has 4 aromatic rings. The molecule has 7 fully saturated rings. The molecule has 12 heteroatoms. The van der Waals surface area contributed by atoms with Gasteiger partial charge in [0, 0.05) is 99.5 Å². The Hall–Kier alpha value is -6.19. The van der Waals surface area contributed by atoms with Gasteiger partial charge in [-0.25, -0.2) is 0 Å². The molecule has 1 saturated heterocycles. The maximum Gasteiger partial charge on any atom is 0.160 e. The van der Waals surface area contributed by atoms with Crippen LogP contribution in [0.5, 0.6) is 23.0 Å². The van der Waals surface area contributed by atoms with Crippen LogP contribution in [0.3, 0.4) is 0 Å². The average Bonchev–Trinajstić information content (AvgIpc) is 1.11. The van der Waals surface area contributed by atoms with Crippen molar-refractivity contribution in [2.24, 2.45) is 81.3 Å². The number of hydrogen-bond acceptors (Lipinski definition) is 12. The van der Waals surface area contributed by atoms with Crippen molar-refractivity contribution in [3.05, 3.63) is 180 Å². The van der Waals surface area contributed by atoms with Gasteiger partial charge in [-0.15, -0.1) is 5.92 Å². The van der Waals surface area contributed by atoms with Crippen LogP contribution in [0.1, 0.15) is 202 Å². The Morgan fingerprint density at radius 3 is 2.49 bits per heavy atom. The molecule has 104 heavy (non-hydrogen) atoms. The fourth-order valence-corrected chi connectivity index (χ4v) is 34.6. The lowest BCUT2D eigenvalue weighted by atomic mass is 9.27. The molecule has 25 atom stereocenters. The normalized spacial score (nSPS) is 45.1. The first-order valence-corrected chi connectivity index (χ1v) is 42.9. The van der Waals surface area contributed by atoms with Gasteiger partial charge in [0.25, 0.3) is 0 Å². The largest absolute Gasteiger partial charge is 0.504 e. The highest BCUT2D eigenvalue weighted by atomic mass is 33.1. The molecule has 10 nitrogen and oxygen atoms in total. The van der Waals surface area contributed by atoms with Crippen molar-refractivity contribution in [2.75, 3.05) is 18.6 Å². The quantitative estimate of drug-likeness (QED) is 0.0411. The van der Waals surface area contributed by atoms with Crippen molar-refractivity contribution in [3.63, 3.8) is 0 Å². The summed E-state index contributed by atoms with van der Waals surface area (Å²) in [6.45, 7) is -0.401. The van der Waals surface area contributed by atoms with E-state index in [1.54, 1.807) is 24.3 Å². The molecule has 17 aliphatic carbocycles. The van der Waals surface area contributed by atoms with Crippen molar-refractivity contribution in [2.45, 2.75) is 211 Å². The van der Waals surface area contributed by atoms with E-state index in [-0.39, 0.29) is 99.4 Å². The van der Waals surface area contributed by atoms with Gasteiger partial charge < -0.3 is 45.8 Å². The zero-order chi connectivity index (χ0) is 69.4. The smallest absolute Gasteiger partial charge is 0.160 e. The molecule has 25 unspecified atom stereocenters. The number of allylic oxidation sites excluding steroid dienone is 9. The topological polar surface area (TPSA) is 180 Å². The number of methoxy groups -OCH3 is 1. The number of piperidine rings is 1. The summed E-state index contributed by atoms with van der Waals surface area (Å²) in [6.07, 6.45) is 28.6. The summed E-state index contributed by atoms with van der Waals surface area (Å²) in [7, 11) is 5.63. The molecule has 23 rings (SSSR count). The van der Waals surface area contributed by atoms with Crippen molar-refractivity contribution in [1.29, 1.82) is 0 Å². The van der Waals surface area contributed by atoms with E-state index >= 15 is 15.0 Å². The summed E-state index contributed by atoms with van der Waals surface area (Å²) in [5.41, 5.74) is 16.8. The molecule has 0 radical (unpaired) electrons. The van der Waals surface area contributed by atoms with Gasteiger partial charge >= 0.3 is 0 Å². The number of aliphatic hydroxyl groups excluding tert-OH is 4. The summed E-state index contributed by atoms with van der Waals surface area (Å²) >= 11 is 0. The number of ketones is 1. The minimum Gasteiger partial charge on any atom is -0.504 e. The molecule has 0 aromatic heterocycles. The zero-order valence-electron chi connectivity index (χ0n) is 59.4. The third-order valence-electron chi connectivity index (χ3n) is 34.8. The van der Waals surface area contributed by atoms with Crippen LogP contribution in [0.4, 0.5) is 0 Å². The van der Waals surface area contributed by atoms with E-state index in [1.165, 1.54) is 44.6 Å². The standard InChI is InChI=1S/C92H93NO9S2/c1-102-75-37-54(47(41-94)30-73(75)98)53-34-74(99)79-49-20-28-87-24-10-15-69-52(17-16-46(53)29-45-11-3-2-4-12-45)82(84(79)100)91-65-38-72(97)71(96)36-58(65)62-39-76(91)90-44-88(62)25-9-13-48(88)31-63(90)56-35-70(95)66-32-55(56)59(64(90)40-77(91)93-69)42-103-104-43-68(85(87)101)92-61(21-27-86(92)22-7-8-23-86)51-19-18-50-60-14-5-6-26-89(60,66)67-33-57(49)81(87)83(92)80(67)78(50)51/h2-4,11-12,19-20,28,30-33,36-38,46,48-49,52-53,56,60-62,64,68-70,76-77,79,82,84-85,93-98,100-101H,5-9,13-15,18,21-23,25-27,29,34-35,39-44H2,1H3. The van der Waals surface area contributed by atoms with Crippen LogP contribution in [0, 0.1) is 105 Å². The van der Waals surface area contributed by atoms with E-state index in [2.05, 4.69) is 101 Å². The Morgan fingerprint density at radius 2 is 1.63 bits per heavy atom. The number of ether oxygens (including phenoxy) is 1. The minimum atomic E-state index is -1.35. The highest BCUT2D eigenvalue weighted by molar-refractivity contribution is 8.76. The van der Waals surface area contributed by atoms with Crippen LogP contribution in [0.25, 0.3) is 5.57 Å². The lowest BCUT2D eigenvalue weighted by Gasteiger charge is -2.78. The lowest BCUT2D eigenvalue weighted by Crippen LogP contribution is -2.79. The molecule has 4 aromatic carbocycles. The van der Waals surface area contributed by atoms with Crippen LogP contribution in [-0.2, 0) is 39.5 Å². The average molecular weight is 1420 g/mol. The highest BCUT2D eigenvalue weighted by Crippen LogP contribution is 2.86. The fourth-order valence-electron chi connectivity index (χ4n) is 32.0. The Kier molecular flexibility index (Phi) is 12.7. The number of carbonyl (C=O) groups excluding carboxylic acids is 1. The minimum absolute atomic E-state index is 0.0465. The molecule has 532 valence electrons. The van der Waals surface area contributed by atoms with Crippen LogP contribution >= 0.6 is 21.6 Å². The number of Topliss-reactive ketones (excluding diaryl/α,β-unsaturated/α-hetero) is 1. The number of benzene rings is 4. The Bertz CT molecular complexity index is 4970. The van der Waals surface area contributed by atoms with Crippen molar-refractivity contribution < 1.29 is 45.3 Å². The summed E-state index contributed by atoms with van der Waals surface area (Å²) in [4.78, 5) is 18.4. The molecular weight excluding hydrogens is 1330 g/mol. The monoisotopic (exact) mass is 1420 g/mol. The summed E-state index contributed by atoms with van der Waals surface area (Å²) in [6, 6.07) is 19.6. The highest BCUT2D eigenvalue weighted by Gasteiger charge is 2.81. The van der Waals surface area contributed by atoms with Crippen molar-refractivity contribution in [3.8, 4) is 46.7 Å². The Labute approximate surface area is 617 Å². The van der Waals surface area contributed by atoms with Crippen LogP contribution < -0.4 is 10.1 Å². The third kappa shape index (κ3) is 7.00. The molecule has 18 bridgehead atoms. The maximum absolute atomic E-state index is 18.4. The maximum atomic E-state index is 18.4. The summed E-state index contributed by atoms with van der Waals surface area (Å²) in [5.74, 6) is 14.0. The number of hydrogen-bond donors (Lipinski definition) is 8. The number of carbonyl (C=O) groups is 1. The summed E-state index contributed by atoms with van der Waals surface area (Å²) < 4.78 is 5.99. The number of nitrogens with one attached hydrogen (secondary N) is 1. The SMILES string of the molecule is COc1cc(C2CC(=O)C3C4C=CC56C#CCC7NC8CC9C%10=C%11C=C(C(O)CC%11C%11=CC%12CCCC%12%13CC%119C9CC%13c%11cc(O)c(O)cc%11C89C(C3O)C7C#CC2Cc2ccccc2)C23CCCCC2C2=C7C(=CC2)C2CCC8(CCCC8)C2(c2c7c3cc4c25)C(CSSC%10)C6O)c(CO)cc1O. The molecule has 6 saturated carbocycles. The van der Waals surface area contributed by atoms with Crippen LogP contribution in [-0.4, -0.2) is 90.5 Å². The van der Waals surface area contributed by atoms with Crippen LogP contribution in [0.15, 0.2) is 124 Å². The lowest BCUT2D eigenvalue weighted by molar-refractivity contribution is -0.188. The van der Waals surface area contributed by atoms with Gasteiger partial charge in [0.15, 0.2) is 23.0 Å². The molecule has 0 amide bonds. The second-order valence-corrected chi connectivity index (χ2v) is 39.6. The second-order valence-electron chi connectivity index (χ2n) is 37.1. The number of phenolic OH excluding ortho intramolecular Hbond substituents is 3. The van der Waals surface area contributed by atoms with Gasteiger partial charge in [0.05, 0.1) is 37.9 Å². The predicted molar refractivity (Wildman–Crippen MR) is 401 cm³/mol. The van der Waals surface area contributed by atoms with Gasteiger partial charge in [-0.05, 0) is 238 Å². The molecular formula is C92H93NO9S2. The van der Waals surface area contributed by atoms with Crippen molar-refractivity contribution >= 4 is 32.9 Å². The van der Waals surface area contributed by atoms with Gasteiger partial charge in [-0.2, -0.15) is 0 Å². The first kappa shape index (κ1) is 62.8. The number of aliphatic hydroxyl groups is 4. The number of aromatic hydroxyl groups is 3. The van der Waals surface area contributed by atoms with Crippen LogP contribution in [0.2, 0.25) is 0 Å². The van der Waals surface area contributed by atoms with Gasteiger partial charge in [-0.3, -0.25) is 4.79 Å². The predicted octanol–water partition coefficient (Wildman–Crippen LogP) is 14.7. The van der Waals surface area contributed by atoms with Crippen molar-refractivity contribution in [1.82, 2.24) is 5.32 Å². The molecule has 2 aliphatic heterocycles. The first-order valence-electron chi connectivity index (χ1n) is 40.4. The fraction of sp³-hybridized carbons (Fsp3) is 0.554. The molecule has 8 N–H and O–H groups in total. The van der Waals surface area contributed by atoms with E-state index in [9.17, 15) is 25.5 Å². The molecule has 19 aliphatic rings. The van der Waals surface area contributed by atoms with E-state index < -0.39 is 93.5 Å². The van der Waals surface area contributed by atoms with Gasteiger partial charge in [-0.1, -0.05) is 155 Å². The molecule has 2 heterocycles. The first-order chi connectivity index (χ1) is 50.7. The number of rotatable bonds is 5. The van der Waals surface area contributed by atoms with E-state index in [0.29, 0.717) is 30.4 Å². The van der Waals surface area contributed by atoms with E-state index in [1.807, 2.05) is 35.1 Å². The second kappa shape index (κ2) is 21.0. The zero-order valence-corrected chi connectivity index (χ0v) is 61.0. The number of fused-ring (bicyclic) bond motifs is 11. The Balaban J connectivity index is 0.901. The third-order valence-corrected chi connectivity index (χ3v) is 37.1. The number of phenols is 3.